The normalized spacial score (nSPS) is 24.3. The fraction of sp³-hybridized carbons (Fsp3) is 0.538. The second-order valence-corrected chi connectivity index (χ2v) is 4.71. The smallest absolute Gasteiger partial charge is 0.337 e. The number of aromatic carboxylic acids is 1. The molecule has 1 aromatic heterocycles. The molecule has 1 heterocycles. The standard InChI is InChI=1S/C13H17NO3/c1-9-2-4-11(5-3-9)17-12-6-10(13(15)16)7-14-8-12/h6-9,11H,2-5H2,1H3,(H,15,16). The summed E-state index contributed by atoms with van der Waals surface area (Å²) >= 11 is 0. The first-order valence-electron chi connectivity index (χ1n) is 6.00. The van der Waals surface area contributed by atoms with Gasteiger partial charge in [0.05, 0.1) is 17.9 Å². The van der Waals surface area contributed by atoms with Crippen molar-refractivity contribution in [1.82, 2.24) is 4.98 Å². The molecule has 1 aliphatic rings. The number of hydrogen-bond donors (Lipinski definition) is 1. The molecule has 17 heavy (non-hydrogen) atoms. The fourth-order valence-electron chi connectivity index (χ4n) is 2.14. The summed E-state index contributed by atoms with van der Waals surface area (Å²) in [4.78, 5) is 14.7. The summed E-state index contributed by atoms with van der Waals surface area (Å²) in [7, 11) is 0. The monoisotopic (exact) mass is 235 g/mol. The fourth-order valence-corrected chi connectivity index (χ4v) is 2.14. The first kappa shape index (κ1) is 11.9. The van der Waals surface area contributed by atoms with Crippen LogP contribution in [-0.4, -0.2) is 22.2 Å². The Labute approximate surface area is 101 Å². The minimum atomic E-state index is -0.972. The van der Waals surface area contributed by atoms with E-state index in [-0.39, 0.29) is 11.7 Å². The molecule has 1 N–H and O–H groups in total. The van der Waals surface area contributed by atoms with Crippen molar-refractivity contribution >= 4 is 5.97 Å². The zero-order valence-electron chi connectivity index (χ0n) is 9.93. The Hall–Kier alpha value is -1.58. The van der Waals surface area contributed by atoms with Crippen molar-refractivity contribution in [3.8, 4) is 5.75 Å². The number of ether oxygens (including phenoxy) is 1. The maximum Gasteiger partial charge on any atom is 0.337 e. The summed E-state index contributed by atoms with van der Waals surface area (Å²) in [6, 6.07) is 1.54. The lowest BCUT2D eigenvalue weighted by molar-refractivity contribution is 0.0695. The number of carboxylic acid groups (broad SMARTS) is 1. The van der Waals surface area contributed by atoms with Crippen molar-refractivity contribution in [3.63, 3.8) is 0 Å². The maximum absolute atomic E-state index is 10.8. The Balaban J connectivity index is 1.98. The summed E-state index contributed by atoms with van der Waals surface area (Å²) in [6.45, 7) is 2.25. The van der Waals surface area contributed by atoms with Gasteiger partial charge in [0, 0.05) is 6.20 Å². The predicted molar refractivity (Wildman–Crippen MR) is 63.2 cm³/mol. The molecule has 0 saturated heterocycles. The SMILES string of the molecule is CC1CCC(Oc2cncc(C(=O)O)c2)CC1. The number of hydrogen-bond acceptors (Lipinski definition) is 3. The highest BCUT2D eigenvalue weighted by molar-refractivity contribution is 5.87. The largest absolute Gasteiger partial charge is 0.489 e. The van der Waals surface area contributed by atoms with Crippen molar-refractivity contribution in [2.45, 2.75) is 38.7 Å². The third-order valence-electron chi connectivity index (χ3n) is 3.23. The quantitative estimate of drug-likeness (QED) is 0.875. The summed E-state index contributed by atoms with van der Waals surface area (Å²) in [6.07, 6.45) is 7.55. The number of carboxylic acids is 1. The second kappa shape index (κ2) is 5.17. The molecule has 1 fully saturated rings. The highest BCUT2D eigenvalue weighted by Crippen LogP contribution is 2.27. The van der Waals surface area contributed by atoms with Gasteiger partial charge in [-0.2, -0.15) is 0 Å². The Kier molecular flexibility index (Phi) is 3.61. The van der Waals surface area contributed by atoms with E-state index in [0.29, 0.717) is 5.75 Å². The number of nitrogens with zero attached hydrogens (tertiary/aromatic N) is 1. The molecule has 1 saturated carbocycles. The molecule has 1 aliphatic carbocycles. The van der Waals surface area contributed by atoms with E-state index in [1.165, 1.54) is 25.1 Å². The molecule has 0 spiro atoms. The lowest BCUT2D eigenvalue weighted by atomic mass is 9.89. The van der Waals surface area contributed by atoms with Gasteiger partial charge in [-0.05, 0) is 37.7 Å². The highest BCUT2D eigenvalue weighted by atomic mass is 16.5. The van der Waals surface area contributed by atoms with Gasteiger partial charge in [0.25, 0.3) is 0 Å². The van der Waals surface area contributed by atoms with Gasteiger partial charge in [-0.3, -0.25) is 4.98 Å². The Morgan fingerprint density at radius 1 is 1.35 bits per heavy atom. The molecular formula is C13H17NO3. The van der Waals surface area contributed by atoms with Crippen LogP contribution in [0.5, 0.6) is 5.75 Å². The van der Waals surface area contributed by atoms with Crippen LogP contribution in [0.25, 0.3) is 0 Å². The molecule has 4 nitrogen and oxygen atoms in total. The van der Waals surface area contributed by atoms with Crippen molar-refractivity contribution in [1.29, 1.82) is 0 Å². The van der Waals surface area contributed by atoms with Crippen LogP contribution in [0.1, 0.15) is 43.0 Å². The Morgan fingerprint density at radius 2 is 2.06 bits per heavy atom. The van der Waals surface area contributed by atoms with Crippen molar-refractivity contribution in [3.05, 3.63) is 24.0 Å². The minimum Gasteiger partial charge on any atom is -0.489 e. The van der Waals surface area contributed by atoms with Crippen LogP contribution in [0.4, 0.5) is 0 Å². The molecule has 0 amide bonds. The third kappa shape index (κ3) is 3.19. The van der Waals surface area contributed by atoms with E-state index < -0.39 is 5.97 Å². The third-order valence-corrected chi connectivity index (χ3v) is 3.23. The van der Waals surface area contributed by atoms with E-state index in [4.69, 9.17) is 9.84 Å². The number of aromatic nitrogens is 1. The van der Waals surface area contributed by atoms with Gasteiger partial charge in [0.1, 0.15) is 5.75 Å². The predicted octanol–water partition coefficient (Wildman–Crippen LogP) is 2.74. The van der Waals surface area contributed by atoms with Gasteiger partial charge < -0.3 is 9.84 Å². The second-order valence-electron chi connectivity index (χ2n) is 4.71. The van der Waals surface area contributed by atoms with Gasteiger partial charge in [-0.25, -0.2) is 4.79 Å². The summed E-state index contributed by atoms with van der Waals surface area (Å²) < 4.78 is 5.77. The number of carbonyl (C=O) groups is 1. The lowest BCUT2D eigenvalue weighted by Crippen LogP contribution is -2.23. The van der Waals surface area contributed by atoms with E-state index in [1.54, 1.807) is 6.20 Å². The average Bonchev–Trinajstić information content (AvgIpc) is 2.32. The van der Waals surface area contributed by atoms with Crippen molar-refractivity contribution < 1.29 is 14.6 Å². The molecule has 4 heteroatoms. The molecule has 92 valence electrons. The van der Waals surface area contributed by atoms with Crippen LogP contribution >= 0.6 is 0 Å². The van der Waals surface area contributed by atoms with Crippen molar-refractivity contribution in [2.24, 2.45) is 5.92 Å². The van der Waals surface area contributed by atoms with Gasteiger partial charge >= 0.3 is 5.97 Å². The maximum atomic E-state index is 10.8. The molecule has 0 atom stereocenters. The molecule has 2 rings (SSSR count). The van der Waals surface area contributed by atoms with E-state index in [0.717, 1.165) is 18.8 Å². The molecular weight excluding hydrogens is 218 g/mol. The highest BCUT2D eigenvalue weighted by Gasteiger charge is 2.19. The minimum absolute atomic E-state index is 0.173. The van der Waals surface area contributed by atoms with Gasteiger partial charge in [-0.15, -0.1) is 0 Å². The summed E-state index contributed by atoms with van der Waals surface area (Å²) in [5.41, 5.74) is 0.173. The van der Waals surface area contributed by atoms with Crippen molar-refractivity contribution in [2.75, 3.05) is 0 Å². The Bertz CT molecular complexity index is 397. The molecule has 0 radical (unpaired) electrons. The molecule has 0 unspecified atom stereocenters. The van der Waals surface area contributed by atoms with Crippen LogP contribution in [0.3, 0.4) is 0 Å². The van der Waals surface area contributed by atoms with Crippen LogP contribution < -0.4 is 4.74 Å². The van der Waals surface area contributed by atoms with Crippen LogP contribution in [0.15, 0.2) is 18.5 Å². The van der Waals surface area contributed by atoms with Crippen LogP contribution in [-0.2, 0) is 0 Å². The van der Waals surface area contributed by atoms with Crippen LogP contribution in [0.2, 0.25) is 0 Å². The van der Waals surface area contributed by atoms with Gasteiger partial charge in [-0.1, -0.05) is 6.92 Å². The summed E-state index contributed by atoms with van der Waals surface area (Å²) in [5.74, 6) is 0.364. The molecule has 0 aromatic carbocycles. The molecule has 1 aromatic rings. The Morgan fingerprint density at radius 3 is 2.71 bits per heavy atom. The molecule has 0 aliphatic heterocycles. The first-order chi connectivity index (χ1) is 8.15. The number of rotatable bonds is 3. The average molecular weight is 235 g/mol. The zero-order valence-corrected chi connectivity index (χ0v) is 9.93. The zero-order chi connectivity index (χ0) is 12.3. The van der Waals surface area contributed by atoms with Gasteiger partial charge in [0.15, 0.2) is 0 Å². The van der Waals surface area contributed by atoms with Crippen LogP contribution in [0, 0.1) is 5.92 Å². The van der Waals surface area contributed by atoms with E-state index in [2.05, 4.69) is 11.9 Å². The topological polar surface area (TPSA) is 59.4 Å². The summed E-state index contributed by atoms with van der Waals surface area (Å²) in [5, 5.41) is 8.85. The number of pyridine rings is 1. The van der Waals surface area contributed by atoms with Gasteiger partial charge in [0.2, 0.25) is 0 Å². The molecule has 0 bridgehead atoms. The van der Waals surface area contributed by atoms with E-state index in [9.17, 15) is 4.79 Å². The lowest BCUT2D eigenvalue weighted by Gasteiger charge is -2.26. The van der Waals surface area contributed by atoms with E-state index >= 15 is 0 Å². The van der Waals surface area contributed by atoms with E-state index in [1.807, 2.05) is 0 Å². The first-order valence-corrected chi connectivity index (χ1v) is 6.00.